The van der Waals surface area contributed by atoms with Crippen LogP contribution in [0, 0.1) is 11.3 Å². The summed E-state index contributed by atoms with van der Waals surface area (Å²) in [5.74, 6) is -0.613. The van der Waals surface area contributed by atoms with E-state index in [1.54, 1.807) is 0 Å². The molecule has 1 aliphatic rings. The van der Waals surface area contributed by atoms with Crippen molar-refractivity contribution in [1.29, 1.82) is 5.26 Å². The normalized spacial score (nSPS) is 18.2. The van der Waals surface area contributed by atoms with Gasteiger partial charge in [-0.1, -0.05) is 30.3 Å². The van der Waals surface area contributed by atoms with Crippen molar-refractivity contribution < 1.29 is 9.47 Å². The first kappa shape index (κ1) is 11.1. The highest BCUT2D eigenvalue weighted by Gasteiger charge is 2.37. The van der Waals surface area contributed by atoms with Crippen molar-refractivity contribution in [3.63, 3.8) is 0 Å². The Bertz CT molecular complexity index is 363. The van der Waals surface area contributed by atoms with Crippen LogP contribution in [0.25, 0.3) is 0 Å². The van der Waals surface area contributed by atoms with Crippen LogP contribution in [0.1, 0.15) is 24.8 Å². The van der Waals surface area contributed by atoms with Crippen molar-refractivity contribution in [3.05, 3.63) is 35.9 Å². The Morgan fingerprint density at radius 2 is 1.88 bits per heavy atom. The SMILES string of the molecule is N#CCCCC1(c2ccccc2)OCCO1. The van der Waals surface area contributed by atoms with Crippen LogP contribution in [0.3, 0.4) is 0 Å². The summed E-state index contributed by atoms with van der Waals surface area (Å²) in [5, 5.41) is 8.56. The van der Waals surface area contributed by atoms with Gasteiger partial charge in [-0.2, -0.15) is 5.26 Å². The average Bonchev–Trinajstić information content (AvgIpc) is 2.81. The molecule has 0 atom stereocenters. The zero-order chi connectivity index (χ0) is 11.3. The van der Waals surface area contributed by atoms with Gasteiger partial charge in [0.25, 0.3) is 0 Å². The smallest absolute Gasteiger partial charge is 0.195 e. The van der Waals surface area contributed by atoms with E-state index in [2.05, 4.69) is 6.07 Å². The summed E-state index contributed by atoms with van der Waals surface area (Å²) in [6.45, 7) is 1.25. The number of hydrogen-bond acceptors (Lipinski definition) is 3. The predicted octanol–water partition coefficient (Wildman–Crippen LogP) is 2.58. The van der Waals surface area contributed by atoms with Gasteiger partial charge in [-0.3, -0.25) is 0 Å². The number of rotatable bonds is 4. The van der Waals surface area contributed by atoms with Gasteiger partial charge in [0.1, 0.15) is 0 Å². The summed E-state index contributed by atoms with van der Waals surface area (Å²) in [4.78, 5) is 0. The molecule has 16 heavy (non-hydrogen) atoms. The lowest BCUT2D eigenvalue weighted by molar-refractivity contribution is -0.171. The second-order valence-electron chi connectivity index (χ2n) is 3.83. The minimum atomic E-state index is -0.613. The van der Waals surface area contributed by atoms with Crippen molar-refractivity contribution in [2.24, 2.45) is 0 Å². The maximum atomic E-state index is 8.56. The molecule has 84 valence electrons. The Morgan fingerprint density at radius 3 is 2.50 bits per heavy atom. The van der Waals surface area contributed by atoms with Crippen molar-refractivity contribution in [3.8, 4) is 6.07 Å². The number of nitrogens with zero attached hydrogens (tertiary/aromatic N) is 1. The average molecular weight is 217 g/mol. The minimum Gasteiger partial charge on any atom is -0.343 e. The van der Waals surface area contributed by atoms with Gasteiger partial charge in [-0.25, -0.2) is 0 Å². The molecule has 0 N–H and O–H groups in total. The van der Waals surface area contributed by atoms with Crippen molar-refractivity contribution in [1.82, 2.24) is 0 Å². The molecule has 1 saturated heterocycles. The van der Waals surface area contributed by atoms with Crippen LogP contribution in [0.4, 0.5) is 0 Å². The van der Waals surface area contributed by atoms with E-state index in [1.165, 1.54) is 0 Å². The highest BCUT2D eigenvalue weighted by atomic mass is 16.7. The summed E-state index contributed by atoms with van der Waals surface area (Å²) < 4.78 is 11.5. The Hall–Kier alpha value is -1.37. The van der Waals surface area contributed by atoms with Gasteiger partial charge in [-0.05, 0) is 6.42 Å². The summed E-state index contributed by atoms with van der Waals surface area (Å²) in [6.07, 6.45) is 2.08. The van der Waals surface area contributed by atoms with Crippen LogP contribution >= 0.6 is 0 Å². The quantitative estimate of drug-likeness (QED) is 0.728. The number of hydrogen-bond donors (Lipinski definition) is 0. The molecule has 1 aromatic carbocycles. The third kappa shape index (κ3) is 2.24. The lowest BCUT2D eigenvalue weighted by atomic mass is 10.00. The molecule has 1 heterocycles. The molecule has 1 aliphatic heterocycles. The third-order valence-electron chi connectivity index (χ3n) is 2.76. The fraction of sp³-hybridized carbons (Fsp3) is 0.462. The lowest BCUT2D eigenvalue weighted by Crippen LogP contribution is -2.26. The fourth-order valence-corrected chi connectivity index (χ4v) is 2.00. The van der Waals surface area contributed by atoms with Gasteiger partial charge in [0.15, 0.2) is 5.79 Å². The molecule has 2 rings (SSSR count). The standard InChI is InChI=1S/C13H15NO2/c14-9-5-4-8-13(15-10-11-16-13)12-6-2-1-3-7-12/h1-3,6-7H,4-5,8,10-11H2. The Balaban J connectivity index is 2.13. The number of ether oxygens (including phenoxy) is 2. The molecule has 0 amide bonds. The van der Waals surface area contributed by atoms with Crippen molar-refractivity contribution >= 4 is 0 Å². The van der Waals surface area contributed by atoms with E-state index >= 15 is 0 Å². The molecule has 0 unspecified atom stereocenters. The minimum absolute atomic E-state index is 0.543. The summed E-state index contributed by atoms with van der Waals surface area (Å²) >= 11 is 0. The van der Waals surface area contributed by atoms with Gasteiger partial charge in [-0.15, -0.1) is 0 Å². The van der Waals surface area contributed by atoms with Crippen LogP contribution in [-0.2, 0) is 15.3 Å². The number of unbranched alkanes of at least 4 members (excludes halogenated alkanes) is 1. The zero-order valence-corrected chi connectivity index (χ0v) is 9.19. The molecule has 1 fully saturated rings. The molecule has 0 aliphatic carbocycles. The predicted molar refractivity (Wildman–Crippen MR) is 59.5 cm³/mol. The van der Waals surface area contributed by atoms with E-state index in [1.807, 2.05) is 30.3 Å². The first-order chi connectivity index (χ1) is 7.87. The molecule has 3 nitrogen and oxygen atoms in total. The molecular formula is C13H15NO2. The zero-order valence-electron chi connectivity index (χ0n) is 9.19. The van der Waals surface area contributed by atoms with E-state index < -0.39 is 5.79 Å². The molecule has 0 saturated carbocycles. The van der Waals surface area contributed by atoms with Gasteiger partial charge < -0.3 is 9.47 Å². The summed E-state index contributed by atoms with van der Waals surface area (Å²) in [7, 11) is 0. The maximum absolute atomic E-state index is 8.56. The van der Waals surface area contributed by atoms with E-state index in [0.29, 0.717) is 19.6 Å². The first-order valence-corrected chi connectivity index (χ1v) is 5.58. The maximum Gasteiger partial charge on any atom is 0.195 e. The largest absolute Gasteiger partial charge is 0.343 e. The van der Waals surface area contributed by atoms with Gasteiger partial charge in [0.2, 0.25) is 0 Å². The Kier molecular flexibility index (Phi) is 3.55. The number of benzene rings is 1. The lowest BCUT2D eigenvalue weighted by Gasteiger charge is -2.27. The molecular weight excluding hydrogens is 202 g/mol. The van der Waals surface area contributed by atoms with Gasteiger partial charge in [0.05, 0.1) is 19.3 Å². The van der Waals surface area contributed by atoms with E-state index in [-0.39, 0.29) is 0 Å². The molecule has 1 aromatic rings. The van der Waals surface area contributed by atoms with E-state index in [0.717, 1.165) is 18.4 Å². The highest BCUT2D eigenvalue weighted by molar-refractivity contribution is 5.21. The second kappa shape index (κ2) is 5.11. The highest BCUT2D eigenvalue weighted by Crippen LogP contribution is 2.36. The Morgan fingerprint density at radius 1 is 1.19 bits per heavy atom. The van der Waals surface area contributed by atoms with Gasteiger partial charge >= 0.3 is 0 Å². The van der Waals surface area contributed by atoms with E-state index in [4.69, 9.17) is 14.7 Å². The summed E-state index contributed by atoms with van der Waals surface area (Å²) in [5.41, 5.74) is 1.05. The molecule has 0 spiro atoms. The molecule has 0 aromatic heterocycles. The third-order valence-corrected chi connectivity index (χ3v) is 2.76. The Labute approximate surface area is 95.6 Å². The van der Waals surface area contributed by atoms with Crippen LogP contribution < -0.4 is 0 Å². The van der Waals surface area contributed by atoms with Crippen LogP contribution in [0.2, 0.25) is 0 Å². The first-order valence-electron chi connectivity index (χ1n) is 5.58. The monoisotopic (exact) mass is 217 g/mol. The molecule has 0 bridgehead atoms. The fourth-order valence-electron chi connectivity index (χ4n) is 2.00. The topological polar surface area (TPSA) is 42.2 Å². The number of nitriles is 1. The van der Waals surface area contributed by atoms with Crippen molar-refractivity contribution in [2.45, 2.75) is 25.0 Å². The molecule has 3 heteroatoms. The molecule has 0 radical (unpaired) electrons. The summed E-state index contributed by atoms with van der Waals surface area (Å²) in [6, 6.07) is 12.1. The van der Waals surface area contributed by atoms with Gasteiger partial charge in [0, 0.05) is 18.4 Å². The van der Waals surface area contributed by atoms with Crippen LogP contribution in [0.15, 0.2) is 30.3 Å². The van der Waals surface area contributed by atoms with Crippen LogP contribution in [0.5, 0.6) is 0 Å². The van der Waals surface area contributed by atoms with E-state index in [9.17, 15) is 0 Å². The van der Waals surface area contributed by atoms with Crippen molar-refractivity contribution in [2.75, 3.05) is 13.2 Å². The second-order valence-corrected chi connectivity index (χ2v) is 3.83. The van der Waals surface area contributed by atoms with Crippen LogP contribution in [-0.4, -0.2) is 13.2 Å².